The summed E-state index contributed by atoms with van der Waals surface area (Å²) in [5, 5.41) is 20.6. The molecule has 1 aliphatic rings. The number of aromatic nitrogens is 1. The maximum atomic E-state index is 12.5. The van der Waals surface area contributed by atoms with Gasteiger partial charge in [0.1, 0.15) is 0 Å². The lowest BCUT2D eigenvalue weighted by atomic mass is 10.1. The fraction of sp³-hybridized carbons (Fsp3) is 0.476. The summed E-state index contributed by atoms with van der Waals surface area (Å²) in [7, 11) is 2.09. The van der Waals surface area contributed by atoms with Gasteiger partial charge in [0.2, 0.25) is 0 Å². The van der Waals surface area contributed by atoms with E-state index in [-0.39, 0.29) is 16.3 Å². The molecular formula is C21H30N6OS. The number of fused-ring (bicyclic) bond motifs is 1. The molecule has 0 aliphatic carbocycles. The second-order valence-corrected chi connectivity index (χ2v) is 8.94. The third-order valence-corrected chi connectivity index (χ3v) is 6.47. The third-order valence-electron chi connectivity index (χ3n) is 5.63. The second kappa shape index (κ2) is 9.00. The lowest BCUT2D eigenvalue weighted by molar-refractivity contribution is -0.115. The number of amides is 1. The number of hydrogen-bond donors (Lipinski definition) is 4. The van der Waals surface area contributed by atoms with Crippen molar-refractivity contribution in [2.24, 2.45) is 0 Å². The molecule has 1 aromatic carbocycles. The van der Waals surface area contributed by atoms with E-state index < -0.39 is 5.91 Å². The van der Waals surface area contributed by atoms with E-state index in [1.165, 1.54) is 0 Å². The normalized spacial score (nSPS) is 21.2. The number of carbonyl (C=O) groups is 1. The Kier molecular flexibility index (Phi) is 6.64. The van der Waals surface area contributed by atoms with Crippen LogP contribution in [0.3, 0.4) is 0 Å². The minimum absolute atomic E-state index is 0.111. The molecule has 8 heteroatoms. The van der Waals surface area contributed by atoms with Gasteiger partial charge in [0.25, 0.3) is 5.91 Å². The summed E-state index contributed by atoms with van der Waals surface area (Å²) >= 11 is 0.928. The van der Waals surface area contributed by atoms with Crippen molar-refractivity contribution in [1.82, 2.24) is 20.1 Å². The lowest BCUT2D eigenvalue weighted by Crippen LogP contribution is -2.56. The number of nitrogens with one attached hydrogen (secondary N) is 4. The van der Waals surface area contributed by atoms with E-state index in [1.54, 1.807) is 0 Å². The van der Waals surface area contributed by atoms with Crippen molar-refractivity contribution in [2.45, 2.75) is 45.3 Å². The topological polar surface area (TPSA) is 99.1 Å². The number of carbonyl (C=O) groups excluding carboxylic acids is 1. The molecule has 2 heterocycles. The first-order chi connectivity index (χ1) is 13.8. The van der Waals surface area contributed by atoms with Crippen LogP contribution in [0.4, 0.5) is 0 Å². The van der Waals surface area contributed by atoms with Gasteiger partial charge in [-0.05, 0) is 57.6 Å². The number of H-pyrrole nitrogens is 1. The second-order valence-electron chi connectivity index (χ2n) is 7.94. The van der Waals surface area contributed by atoms with Gasteiger partial charge in [-0.2, -0.15) is 0 Å². The highest BCUT2D eigenvalue weighted by Gasteiger charge is 2.29. The molecule has 1 fully saturated rings. The molecule has 1 aromatic heterocycles. The Bertz CT molecular complexity index is 897. The van der Waals surface area contributed by atoms with Crippen LogP contribution in [0.1, 0.15) is 26.3 Å². The Morgan fingerprint density at radius 3 is 2.62 bits per heavy atom. The van der Waals surface area contributed by atoms with Crippen molar-refractivity contribution in [3.63, 3.8) is 0 Å². The summed E-state index contributed by atoms with van der Waals surface area (Å²) in [5.41, 5.74) is 2.22. The molecule has 0 radical (unpaired) electrons. The average molecular weight is 415 g/mol. The maximum absolute atomic E-state index is 12.5. The van der Waals surface area contributed by atoms with E-state index in [1.807, 2.05) is 36.2 Å². The predicted molar refractivity (Wildman–Crippen MR) is 121 cm³/mol. The largest absolute Gasteiger partial charge is 0.361 e. The van der Waals surface area contributed by atoms with Crippen molar-refractivity contribution < 1.29 is 4.79 Å². The first-order valence-electron chi connectivity index (χ1n) is 9.94. The van der Waals surface area contributed by atoms with Crippen molar-refractivity contribution in [3.8, 4) is 0 Å². The van der Waals surface area contributed by atoms with Gasteiger partial charge in [0.15, 0.2) is 10.2 Å². The molecule has 3 atom stereocenters. The van der Waals surface area contributed by atoms with Gasteiger partial charge in [-0.1, -0.05) is 18.2 Å². The number of aromatic amines is 1. The molecule has 156 valence electrons. The first kappa shape index (κ1) is 21.4. The summed E-state index contributed by atoms with van der Waals surface area (Å²) in [4.78, 5) is 19.9. The minimum atomic E-state index is -0.428. The van der Waals surface area contributed by atoms with E-state index in [4.69, 9.17) is 10.8 Å². The number of rotatable bonds is 3. The monoisotopic (exact) mass is 414 g/mol. The van der Waals surface area contributed by atoms with Crippen LogP contribution in [-0.2, 0) is 11.2 Å². The molecule has 7 nitrogen and oxygen atoms in total. The molecule has 29 heavy (non-hydrogen) atoms. The Balaban J connectivity index is 1.52. The number of para-hydroxylation sites is 1. The van der Waals surface area contributed by atoms with Crippen LogP contribution < -0.4 is 5.32 Å². The van der Waals surface area contributed by atoms with Crippen molar-refractivity contribution >= 4 is 38.8 Å². The molecule has 1 saturated heterocycles. The van der Waals surface area contributed by atoms with Gasteiger partial charge < -0.3 is 15.2 Å². The Morgan fingerprint density at radius 2 is 1.93 bits per heavy atom. The van der Waals surface area contributed by atoms with Gasteiger partial charge in [-0.25, -0.2) is 0 Å². The number of amidine groups is 1. The van der Waals surface area contributed by atoms with Gasteiger partial charge >= 0.3 is 0 Å². The minimum Gasteiger partial charge on any atom is -0.361 e. The van der Waals surface area contributed by atoms with Gasteiger partial charge in [0, 0.05) is 48.3 Å². The number of thioether (sulfide) groups is 1. The fourth-order valence-electron chi connectivity index (χ4n) is 3.75. The number of benzene rings is 1. The van der Waals surface area contributed by atoms with E-state index in [0.717, 1.165) is 41.3 Å². The van der Waals surface area contributed by atoms with E-state index in [0.29, 0.717) is 18.5 Å². The molecule has 1 amide bonds. The predicted octanol–water partition coefficient (Wildman–Crippen LogP) is 2.88. The van der Waals surface area contributed by atoms with Gasteiger partial charge in [0.05, 0.1) is 0 Å². The average Bonchev–Trinajstić information content (AvgIpc) is 3.08. The van der Waals surface area contributed by atoms with Crippen molar-refractivity contribution in [2.75, 3.05) is 20.1 Å². The lowest BCUT2D eigenvalue weighted by Gasteiger charge is -2.43. The van der Waals surface area contributed by atoms with Crippen LogP contribution >= 0.6 is 11.8 Å². The van der Waals surface area contributed by atoms with Crippen LogP contribution in [0.2, 0.25) is 0 Å². The SMILES string of the molecule is CC(Cc1c[nH]c2ccccc12)NC(=O)C(=N)SC(=N)N1C[C@@H](C)N(C)[C@H](C)C1. The summed E-state index contributed by atoms with van der Waals surface area (Å²) < 4.78 is 0. The fourth-order valence-corrected chi connectivity index (χ4v) is 4.37. The van der Waals surface area contributed by atoms with Gasteiger partial charge in [-0.3, -0.25) is 20.5 Å². The molecule has 1 unspecified atom stereocenters. The zero-order valence-electron chi connectivity index (χ0n) is 17.5. The molecule has 4 N–H and O–H groups in total. The maximum Gasteiger partial charge on any atom is 0.276 e. The summed E-state index contributed by atoms with van der Waals surface area (Å²) in [6.45, 7) is 7.67. The van der Waals surface area contributed by atoms with Crippen LogP contribution in [0, 0.1) is 10.8 Å². The van der Waals surface area contributed by atoms with E-state index in [9.17, 15) is 4.79 Å². The highest BCUT2D eigenvalue weighted by molar-refractivity contribution is 8.27. The van der Waals surface area contributed by atoms with Crippen molar-refractivity contribution in [3.05, 3.63) is 36.0 Å². The van der Waals surface area contributed by atoms with Crippen LogP contribution in [0.15, 0.2) is 30.5 Å². The molecule has 0 saturated carbocycles. The molecular weight excluding hydrogens is 384 g/mol. The Hall–Kier alpha value is -2.32. The van der Waals surface area contributed by atoms with Crippen molar-refractivity contribution in [1.29, 1.82) is 10.8 Å². The molecule has 0 spiro atoms. The number of nitrogens with zero attached hydrogens (tertiary/aromatic N) is 2. The summed E-state index contributed by atoms with van der Waals surface area (Å²) in [6.07, 6.45) is 2.65. The smallest absolute Gasteiger partial charge is 0.276 e. The zero-order chi connectivity index (χ0) is 21.1. The van der Waals surface area contributed by atoms with E-state index in [2.05, 4.69) is 42.2 Å². The molecule has 0 bridgehead atoms. The quantitative estimate of drug-likeness (QED) is 0.458. The number of piperazine rings is 1. The highest BCUT2D eigenvalue weighted by atomic mass is 32.2. The van der Waals surface area contributed by atoms with Gasteiger partial charge in [-0.15, -0.1) is 0 Å². The number of hydrogen-bond acceptors (Lipinski definition) is 5. The molecule has 3 rings (SSSR count). The summed E-state index contributed by atoms with van der Waals surface area (Å²) in [5.74, 6) is -0.428. The molecule has 1 aliphatic heterocycles. The highest BCUT2D eigenvalue weighted by Crippen LogP contribution is 2.20. The first-order valence-corrected chi connectivity index (χ1v) is 10.8. The van der Waals surface area contributed by atoms with Crippen LogP contribution in [0.25, 0.3) is 10.9 Å². The number of likely N-dealkylation sites (N-methyl/N-ethyl adjacent to an activating group) is 1. The Labute approximate surface area is 176 Å². The van der Waals surface area contributed by atoms with Crippen LogP contribution in [0.5, 0.6) is 0 Å². The standard InChI is InChI=1S/C21H30N6OS/c1-13(9-16-10-24-18-8-6-5-7-17(16)18)25-20(28)19(22)29-21(23)27-11-14(2)26(4)15(3)12-27/h5-8,10,13-15,22-24H,9,11-12H2,1-4H3,(H,25,28)/t13?,14-,15-/m1/s1. The van der Waals surface area contributed by atoms with E-state index >= 15 is 0 Å². The van der Waals surface area contributed by atoms with Crippen LogP contribution in [-0.4, -0.2) is 69.2 Å². The molecule has 2 aromatic rings. The summed E-state index contributed by atoms with van der Waals surface area (Å²) in [6, 6.07) is 8.63. The zero-order valence-corrected chi connectivity index (χ0v) is 18.3. The third kappa shape index (κ3) is 5.00. The Morgan fingerprint density at radius 1 is 1.28 bits per heavy atom.